The molecule has 2 fully saturated rings. The van der Waals surface area contributed by atoms with Crippen LogP contribution in [0.3, 0.4) is 0 Å². The van der Waals surface area contributed by atoms with Crippen molar-refractivity contribution in [2.45, 2.75) is 38.8 Å². The van der Waals surface area contributed by atoms with Gasteiger partial charge in [-0.1, -0.05) is 12.1 Å². The minimum Gasteiger partial charge on any atom is -0.481 e. The number of benzene rings is 1. The van der Waals surface area contributed by atoms with Crippen LogP contribution in [0.15, 0.2) is 24.3 Å². The minimum absolute atomic E-state index is 0. The van der Waals surface area contributed by atoms with E-state index in [1.54, 1.807) is 16.7 Å². The van der Waals surface area contributed by atoms with Crippen LogP contribution in [0.2, 0.25) is 0 Å². The van der Waals surface area contributed by atoms with Crippen LogP contribution in [0, 0.1) is 12.8 Å². The quantitative estimate of drug-likeness (QED) is 0.774. The fourth-order valence-corrected chi connectivity index (χ4v) is 3.83. The molecule has 1 aromatic carbocycles. The fraction of sp³-hybridized carbons (Fsp3) is 0.619. The number of rotatable bonds is 5. The van der Waals surface area contributed by atoms with Gasteiger partial charge in [-0.2, -0.15) is 0 Å². The molecule has 0 saturated carbocycles. The first-order chi connectivity index (χ1) is 13.5. The van der Waals surface area contributed by atoms with Gasteiger partial charge in [-0.3, -0.25) is 9.59 Å². The highest BCUT2D eigenvalue weighted by molar-refractivity contribution is 5.85. The van der Waals surface area contributed by atoms with Crippen molar-refractivity contribution in [3.8, 4) is 5.75 Å². The summed E-state index contributed by atoms with van der Waals surface area (Å²) in [5.74, 6) is 0.811. The summed E-state index contributed by atoms with van der Waals surface area (Å²) in [7, 11) is 0. The predicted octanol–water partition coefficient (Wildman–Crippen LogP) is 1.61. The zero-order chi connectivity index (χ0) is 20.1. The standard InChI is InChI=1S/C21H31N3O4.ClH/c1-15-4-3-5-18(14-15)28-16(2)20(25)23-8-10-24(11-9-23)21(26)19(22)17-6-12-27-13-7-17;/h3-5,14,16-17,19H,6-13,22H2,1-2H3;1H. The molecule has 2 atom stereocenters. The summed E-state index contributed by atoms with van der Waals surface area (Å²) in [6, 6.07) is 7.19. The Hall–Kier alpha value is -1.83. The number of halogens is 1. The SMILES string of the molecule is Cc1cccc(OC(C)C(=O)N2CCN(C(=O)C(N)C3CCOCC3)CC2)c1.Cl. The third-order valence-corrected chi connectivity index (χ3v) is 5.61. The first kappa shape index (κ1) is 23.4. The summed E-state index contributed by atoms with van der Waals surface area (Å²) in [5, 5.41) is 0. The van der Waals surface area contributed by atoms with Crippen LogP contribution in [0.1, 0.15) is 25.3 Å². The van der Waals surface area contributed by atoms with Crippen LogP contribution in [-0.4, -0.2) is 73.2 Å². The Bertz CT molecular complexity index is 688. The van der Waals surface area contributed by atoms with E-state index in [0.717, 1.165) is 18.4 Å². The Labute approximate surface area is 178 Å². The molecule has 0 radical (unpaired) electrons. The largest absolute Gasteiger partial charge is 0.481 e. The maximum Gasteiger partial charge on any atom is 0.263 e. The molecule has 0 spiro atoms. The third kappa shape index (κ3) is 6.07. The van der Waals surface area contributed by atoms with Gasteiger partial charge >= 0.3 is 0 Å². The van der Waals surface area contributed by atoms with Gasteiger partial charge in [-0.05, 0) is 50.3 Å². The van der Waals surface area contributed by atoms with Gasteiger partial charge in [0.2, 0.25) is 5.91 Å². The summed E-state index contributed by atoms with van der Waals surface area (Å²) in [6.07, 6.45) is 1.10. The minimum atomic E-state index is -0.562. The van der Waals surface area contributed by atoms with Crippen LogP contribution < -0.4 is 10.5 Å². The highest BCUT2D eigenvalue weighted by atomic mass is 35.5. The number of aryl methyl sites for hydroxylation is 1. The number of nitrogens with zero attached hydrogens (tertiary/aromatic N) is 2. The van der Waals surface area contributed by atoms with E-state index < -0.39 is 12.1 Å². The lowest BCUT2D eigenvalue weighted by molar-refractivity contribution is -0.145. The van der Waals surface area contributed by atoms with Crippen LogP contribution in [0.5, 0.6) is 5.75 Å². The molecule has 0 aromatic heterocycles. The molecule has 2 amide bonds. The average Bonchev–Trinajstić information content (AvgIpc) is 2.73. The second kappa shape index (κ2) is 10.8. The van der Waals surface area contributed by atoms with Gasteiger partial charge in [-0.25, -0.2) is 0 Å². The highest BCUT2D eigenvalue weighted by Crippen LogP contribution is 2.20. The third-order valence-electron chi connectivity index (χ3n) is 5.61. The summed E-state index contributed by atoms with van der Waals surface area (Å²) in [4.78, 5) is 29.0. The van der Waals surface area contributed by atoms with E-state index in [4.69, 9.17) is 15.2 Å². The van der Waals surface area contributed by atoms with Gasteiger partial charge in [0.1, 0.15) is 5.75 Å². The maximum absolute atomic E-state index is 12.7. The number of hydrogen-bond donors (Lipinski definition) is 1. The van der Waals surface area contributed by atoms with Gasteiger partial charge in [0.25, 0.3) is 5.91 Å². The lowest BCUT2D eigenvalue weighted by Gasteiger charge is -2.38. The Morgan fingerprint density at radius 3 is 2.28 bits per heavy atom. The molecular weight excluding hydrogens is 394 g/mol. The number of piperazine rings is 1. The zero-order valence-electron chi connectivity index (χ0n) is 17.2. The summed E-state index contributed by atoms with van der Waals surface area (Å²) >= 11 is 0. The maximum atomic E-state index is 12.7. The van der Waals surface area contributed by atoms with Gasteiger partial charge in [0, 0.05) is 39.4 Å². The smallest absolute Gasteiger partial charge is 0.263 e. The molecule has 2 heterocycles. The molecule has 2 aliphatic heterocycles. The van der Waals surface area contributed by atoms with Crippen molar-refractivity contribution in [3.05, 3.63) is 29.8 Å². The lowest BCUT2D eigenvalue weighted by Crippen LogP contribution is -2.57. The number of nitrogens with two attached hydrogens (primary N) is 1. The van der Waals surface area contributed by atoms with E-state index in [9.17, 15) is 9.59 Å². The molecule has 8 heteroatoms. The van der Waals surface area contributed by atoms with E-state index in [2.05, 4.69) is 0 Å². The normalized spacial score (nSPS) is 19.8. The molecule has 2 unspecified atom stereocenters. The molecule has 2 aliphatic rings. The first-order valence-electron chi connectivity index (χ1n) is 10.1. The monoisotopic (exact) mass is 425 g/mol. The van der Waals surface area contributed by atoms with Crippen molar-refractivity contribution in [1.82, 2.24) is 9.80 Å². The summed E-state index contributed by atoms with van der Waals surface area (Å²) in [5.41, 5.74) is 7.30. The first-order valence-corrected chi connectivity index (χ1v) is 10.1. The van der Waals surface area contributed by atoms with E-state index in [1.165, 1.54) is 0 Å². The molecule has 2 saturated heterocycles. The van der Waals surface area contributed by atoms with E-state index in [0.29, 0.717) is 45.1 Å². The zero-order valence-corrected chi connectivity index (χ0v) is 18.0. The Balaban J connectivity index is 0.00000300. The van der Waals surface area contributed by atoms with E-state index in [1.807, 2.05) is 31.2 Å². The molecule has 0 bridgehead atoms. The number of hydrogen-bond acceptors (Lipinski definition) is 5. The molecule has 2 N–H and O–H groups in total. The summed E-state index contributed by atoms with van der Waals surface area (Å²) < 4.78 is 11.1. The number of carbonyl (C=O) groups is 2. The Morgan fingerprint density at radius 2 is 1.69 bits per heavy atom. The molecule has 3 rings (SSSR count). The van der Waals surface area contributed by atoms with Gasteiger partial charge in [-0.15, -0.1) is 12.4 Å². The van der Waals surface area contributed by atoms with E-state index >= 15 is 0 Å². The van der Waals surface area contributed by atoms with Crippen molar-refractivity contribution >= 4 is 24.2 Å². The fourth-order valence-electron chi connectivity index (χ4n) is 3.83. The topological polar surface area (TPSA) is 85.1 Å². The van der Waals surface area contributed by atoms with E-state index in [-0.39, 0.29) is 30.1 Å². The highest BCUT2D eigenvalue weighted by Gasteiger charge is 2.33. The molecule has 0 aliphatic carbocycles. The average molecular weight is 426 g/mol. The van der Waals surface area contributed by atoms with Crippen molar-refractivity contribution in [1.29, 1.82) is 0 Å². The van der Waals surface area contributed by atoms with Crippen LogP contribution >= 0.6 is 12.4 Å². The number of ether oxygens (including phenoxy) is 2. The lowest BCUT2D eigenvalue weighted by atomic mass is 9.91. The van der Waals surface area contributed by atoms with Gasteiger partial charge in [0.05, 0.1) is 6.04 Å². The predicted molar refractivity (Wildman–Crippen MR) is 113 cm³/mol. The van der Waals surface area contributed by atoms with Crippen molar-refractivity contribution in [2.24, 2.45) is 11.7 Å². The van der Waals surface area contributed by atoms with Gasteiger partial charge < -0.3 is 25.0 Å². The number of carbonyl (C=O) groups excluding carboxylic acids is 2. The molecule has 7 nitrogen and oxygen atoms in total. The molecule has 29 heavy (non-hydrogen) atoms. The Morgan fingerprint density at radius 1 is 1.10 bits per heavy atom. The van der Waals surface area contributed by atoms with Crippen LogP contribution in [-0.2, 0) is 14.3 Å². The molecular formula is C21H32ClN3O4. The second-order valence-corrected chi connectivity index (χ2v) is 7.70. The molecule has 1 aromatic rings. The molecule has 162 valence electrons. The van der Waals surface area contributed by atoms with Gasteiger partial charge in [0.15, 0.2) is 6.10 Å². The van der Waals surface area contributed by atoms with Crippen molar-refractivity contribution in [2.75, 3.05) is 39.4 Å². The summed E-state index contributed by atoms with van der Waals surface area (Å²) in [6.45, 7) is 7.14. The van der Waals surface area contributed by atoms with Crippen molar-refractivity contribution < 1.29 is 19.1 Å². The number of amides is 2. The Kier molecular flexibility index (Phi) is 8.74. The van der Waals surface area contributed by atoms with Crippen LogP contribution in [0.25, 0.3) is 0 Å². The van der Waals surface area contributed by atoms with Crippen molar-refractivity contribution in [3.63, 3.8) is 0 Å². The van der Waals surface area contributed by atoms with Crippen LogP contribution in [0.4, 0.5) is 0 Å². The second-order valence-electron chi connectivity index (χ2n) is 7.70.